The molecular weight excluding hydrogens is 284 g/mol. The maximum Gasteiger partial charge on any atom is 0.249 e. The number of rotatable bonds is 4. The predicted octanol–water partition coefficient (Wildman–Crippen LogP) is 0.232. The fourth-order valence-corrected chi connectivity index (χ4v) is 2.13. The zero-order valence-electron chi connectivity index (χ0n) is 11.5. The van der Waals surface area contributed by atoms with Crippen LogP contribution in [0.5, 0.6) is 0 Å². The van der Waals surface area contributed by atoms with E-state index in [-0.39, 0.29) is 22.3 Å². The molecule has 0 aliphatic rings. The molecule has 8 N–H and O–H groups in total. The van der Waals surface area contributed by atoms with Crippen molar-refractivity contribution >= 4 is 23.4 Å². The second-order valence-electron chi connectivity index (χ2n) is 4.66. The van der Waals surface area contributed by atoms with Crippen molar-refractivity contribution in [2.24, 2.45) is 17.2 Å². The summed E-state index contributed by atoms with van der Waals surface area (Å²) in [5, 5.41) is 0. The number of carbonyl (C=O) groups is 3. The molecule has 3 amide bonds. The Labute approximate surface area is 125 Å². The SMILES string of the molecule is NC(=O)c1cc(C(N)=O)c(-c2ccc(N)cc2)c(C(N)=O)c1. The van der Waals surface area contributed by atoms with E-state index >= 15 is 0 Å². The van der Waals surface area contributed by atoms with Gasteiger partial charge in [-0.05, 0) is 29.8 Å². The van der Waals surface area contributed by atoms with Gasteiger partial charge in [0.1, 0.15) is 0 Å². The molecule has 0 fully saturated rings. The minimum Gasteiger partial charge on any atom is -0.399 e. The van der Waals surface area contributed by atoms with Crippen LogP contribution in [0.25, 0.3) is 11.1 Å². The Hall–Kier alpha value is -3.35. The van der Waals surface area contributed by atoms with Gasteiger partial charge in [-0.3, -0.25) is 14.4 Å². The Morgan fingerprint density at radius 2 is 1.18 bits per heavy atom. The van der Waals surface area contributed by atoms with Gasteiger partial charge >= 0.3 is 0 Å². The third-order valence-corrected chi connectivity index (χ3v) is 3.15. The van der Waals surface area contributed by atoms with Gasteiger partial charge in [-0.15, -0.1) is 0 Å². The largest absolute Gasteiger partial charge is 0.399 e. The topological polar surface area (TPSA) is 155 Å². The molecule has 2 rings (SSSR count). The molecule has 0 unspecified atom stereocenters. The van der Waals surface area contributed by atoms with Gasteiger partial charge in [0, 0.05) is 27.9 Å². The first-order valence-electron chi connectivity index (χ1n) is 6.24. The van der Waals surface area contributed by atoms with Crippen molar-refractivity contribution in [2.45, 2.75) is 0 Å². The number of anilines is 1. The van der Waals surface area contributed by atoms with E-state index in [1.54, 1.807) is 24.3 Å². The third kappa shape index (κ3) is 2.73. The van der Waals surface area contributed by atoms with Crippen LogP contribution in [0.15, 0.2) is 36.4 Å². The molecule has 0 saturated heterocycles. The van der Waals surface area contributed by atoms with E-state index < -0.39 is 17.7 Å². The van der Waals surface area contributed by atoms with E-state index in [2.05, 4.69) is 0 Å². The van der Waals surface area contributed by atoms with Crippen LogP contribution in [-0.2, 0) is 0 Å². The molecule has 0 saturated carbocycles. The molecule has 7 nitrogen and oxygen atoms in total. The molecule has 7 heteroatoms. The van der Waals surface area contributed by atoms with Gasteiger partial charge in [0.25, 0.3) is 0 Å². The van der Waals surface area contributed by atoms with Crippen molar-refractivity contribution in [2.75, 3.05) is 5.73 Å². The fourth-order valence-electron chi connectivity index (χ4n) is 2.13. The average Bonchev–Trinajstić information content (AvgIpc) is 2.46. The first-order valence-corrected chi connectivity index (χ1v) is 6.24. The summed E-state index contributed by atoms with van der Waals surface area (Å²) < 4.78 is 0. The third-order valence-electron chi connectivity index (χ3n) is 3.15. The quantitative estimate of drug-likeness (QED) is 0.596. The number of nitrogen functional groups attached to an aromatic ring is 1. The van der Waals surface area contributed by atoms with Gasteiger partial charge < -0.3 is 22.9 Å². The lowest BCUT2D eigenvalue weighted by atomic mass is 9.91. The van der Waals surface area contributed by atoms with E-state index in [0.29, 0.717) is 11.3 Å². The fraction of sp³-hybridized carbons (Fsp3) is 0. The highest BCUT2D eigenvalue weighted by atomic mass is 16.2. The summed E-state index contributed by atoms with van der Waals surface area (Å²) in [5.74, 6) is -2.41. The normalized spacial score (nSPS) is 10.2. The first-order chi connectivity index (χ1) is 10.3. The first kappa shape index (κ1) is 15.0. The van der Waals surface area contributed by atoms with Crippen molar-refractivity contribution in [3.05, 3.63) is 53.1 Å². The zero-order chi connectivity index (χ0) is 16.4. The Kier molecular flexibility index (Phi) is 3.81. The van der Waals surface area contributed by atoms with Gasteiger partial charge in [0.05, 0.1) is 0 Å². The molecule has 2 aromatic carbocycles. The average molecular weight is 298 g/mol. The van der Waals surface area contributed by atoms with E-state index in [1.165, 1.54) is 12.1 Å². The van der Waals surface area contributed by atoms with Crippen molar-refractivity contribution < 1.29 is 14.4 Å². The molecule has 0 aliphatic heterocycles. The summed E-state index contributed by atoms with van der Waals surface area (Å²) in [6, 6.07) is 8.92. The molecule has 0 radical (unpaired) electrons. The molecular formula is C15H14N4O3. The van der Waals surface area contributed by atoms with Crippen molar-refractivity contribution in [3.63, 3.8) is 0 Å². The van der Waals surface area contributed by atoms with Crippen LogP contribution in [0.3, 0.4) is 0 Å². The van der Waals surface area contributed by atoms with Crippen LogP contribution >= 0.6 is 0 Å². The molecule has 0 atom stereocenters. The maximum absolute atomic E-state index is 11.7. The number of primary amides is 3. The Balaban J connectivity index is 2.85. The van der Waals surface area contributed by atoms with Crippen LogP contribution in [-0.4, -0.2) is 17.7 Å². The molecule has 22 heavy (non-hydrogen) atoms. The second-order valence-corrected chi connectivity index (χ2v) is 4.66. The van der Waals surface area contributed by atoms with Crippen LogP contribution in [0.2, 0.25) is 0 Å². The van der Waals surface area contributed by atoms with Gasteiger partial charge in [-0.25, -0.2) is 0 Å². The number of carbonyl (C=O) groups excluding carboxylic acids is 3. The summed E-state index contributed by atoms with van der Waals surface area (Å²) in [6.45, 7) is 0. The smallest absolute Gasteiger partial charge is 0.249 e. The van der Waals surface area contributed by atoms with Crippen molar-refractivity contribution in [1.29, 1.82) is 0 Å². The summed E-state index contributed by atoms with van der Waals surface area (Å²) in [6.07, 6.45) is 0. The molecule has 0 heterocycles. The van der Waals surface area contributed by atoms with Gasteiger partial charge in [0.15, 0.2) is 0 Å². The predicted molar refractivity (Wildman–Crippen MR) is 81.8 cm³/mol. The molecule has 0 spiro atoms. The second kappa shape index (κ2) is 5.57. The zero-order valence-corrected chi connectivity index (χ0v) is 11.5. The minimum absolute atomic E-state index is 0.0186. The Morgan fingerprint density at radius 3 is 1.55 bits per heavy atom. The summed E-state index contributed by atoms with van der Waals surface area (Å²) in [4.78, 5) is 34.8. The summed E-state index contributed by atoms with van der Waals surface area (Å²) in [7, 11) is 0. The Morgan fingerprint density at radius 1 is 0.727 bits per heavy atom. The minimum atomic E-state index is -0.808. The summed E-state index contributed by atoms with van der Waals surface area (Å²) in [5.41, 5.74) is 22.7. The molecule has 0 bridgehead atoms. The highest BCUT2D eigenvalue weighted by Gasteiger charge is 2.21. The van der Waals surface area contributed by atoms with Crippen LogP contribution < -0.4 is 22.9 Å². The van der Waals surface area contributed by atoms with Crippen LogP contribution in [0.4, 0.5) is 5.69 Å². The standard InChI is InChI=1S/C15H14N4O3/c16-9-3-1-7(2-4-9)12-10(14(18)21)5-8(13(17)20)6-11(12)15(19)22/h1-6H,16H2,(H2,17,20)(H2,18,21)(H2,19,22). The lowest BCUT2D eigenvalue weighted by Gasteiger charge is -2.13. The monoisotopic (exact) mass is 298 g/mol. The van der Waals surface area contributed by atoms with Crippen molar-refractivity contribution in [1.82, 2.24) is 0 Å². The van der Waals surface area contributed by atoms with E-state index in [0.717, 1.165) is 0 Å². The molecule has 2 aromatic rings. The number of hydrogen-bond acceptors (Lipinski definition) is 4. The van der Waals surface area contributed by atoms with Gasteiger partial charge in [-0.1, -0.05) is 12.1 Å². The molecule has 112 valence electrons. The van der Waals surface area contributed by atoms with E-state index in [4.69, 9.17) is 22.9 Å². The lowest BCUT2D eigenvalue weighted by molar-refractivity contribution is 0.0999. The van der Waals surface area contributed by atoms with E-state index in [1.807, 2.05) is 0 Å². The lowest BCUT2D eigenvalue weighted by Crippen LogP contribution is -2.21. The number of nitrogens with two attached hydrogens (primary N) is 4. The van der Waals surface area contributed by atoms with Crippen LogP contribution in [0, 0.1) is 0 Å². The van der Waals surface area contributed by atoms with Gasteiger partial charge in [-0.2, -0.15) is 0 Å². The highest BCUT2D eigenvalue weighted by Crippen LogP contribution is 2.29. The van der Waals surface area contributed by atoms with E-state index in [9.17, 15) is 14.4 Å². The Bertz CT molecular complexity index is 747. The highest BCUT2D eigenvalue weighted by molar-refractivity contribution is 6.11. The van der Waals surface area contributed by atoms with Crippen molar-refractivity contribution in [3.8, 4) is 11.1 Å². The number of hydrogen-bond donors (Lipinski definition) is 4. The van der Waals surface area contributed by atoms with Gasteiger partial charge in [0.2, 0.25) is 17.7 Å². The van der Waals surface area contributed by atoms with Crippen LogP contribution in [0.1, 0.15) is 31.1 Å². The molecule has 0 aliphatic carbocycles. The summed E-state index contributed by atoms with van der Waals surface area (Å²) >= 11 is 0. The number of amides is 3. The maximum atomic E-state index is 11.7. The number of benzene rings is 2. The molecule has 0 aromatic heterocycles.